The summed E-state index contributed by atoms with van der Waals surface area (Å²) in [6.45, 7) is 0. The number of thiophene rings is 1. The highest BCUT2D eigenvalue weighted by Gasteiger charge is 2.32. The molecule has 0 radical (unpaired) electrons. The maximum Gasteiger partial charge on any atom is 0.0701 e. The van der Waals surface area contributed by atoms with Crippen LogP contribution in [0.25, 0.3) is 58.8 Å². The van der Waals surface area contributed by atoms with Crippen molar-refractivity contribution in [1.29, 1.82) is 0 Å². The van der Waals surface area contributed by atoms with Crippen LogP contribution in [-0.2, 0) is 0 Å². The molecule has 0 fully saturated rings. The second-order valence-electron chi connectivity index (χ2n) is 10.3. The quantitative estimate of drug-likeness (QED) is 0.224. The minimum absolute atomic E-state index is 0.144. The standard InChI is InChI=1S/C36H22N2S/c1-3-13-27-23(9-1)24-10-2-4-14-28(24)34(27)35-36-29(19-20-37-35)30-21-22(17-18-33(30)39-36)38-31-15-7-5-11-25(31)26-12-6-8-16-32(26)38/h1-21,34H. The van der Waals surface area contributed by atoms with E-state index >= 15 is 0 Å². The van der Waals surface area contributed by atoms with E-state index in [1.165, 1.54) is 69.9 Å². The number of pyridine rings is 1. The minimum atomic E-state index is 0.144. The van der Waals surface area contributed by atoms with Gasteiger partial charge in [0.2, 0.25) is 0 Å². The Morgan fingerprint density at radius 1 is 0.564 bits per heavy atom. The van der Waals surface area contributed by atoms with Crippen LogP contribution in [-0.4, -0.2) is 9.55 Å². The molecule has 0 saturated carbocycles. The fourth-order valence-electron chi connectivity index (χ4n) is 6.71. The van der Waals surface area contributed by atoms with Gasteiger partial charge in [0.05, 0.1) is 27.3 Å². The Morgan fingerprint density at radius 2 is 1.18 bits per heavy atom. The molecule has 39 heavy (non-hydrogen) atoms. The number of aromatic nitrogens is 2. The van der Waals surface area contributed by atoms with Crippen molar-refractivity contribution in [2.45, 2.75) is 5.92 Å². The van der Waals surface area contributed by atoms with Gasteiger partial charge in [-0.25, -0.2) is 0 Å². The number of nitrogens with zero attached hydrogens (tertiary/aromatic N) is 2. The van der Waals surface area contributed by atoms with Crippen LogP contribution in [0.4, 0.5) is 0 Å². The van der Waals surface area contributed by atoms with E-state index in [2.05, 4.69) is 126 Å². The Balaban J connectivity index is 1.30. The molecule has 3 heteroatoms. The van der Waals surface area contributed by atoms with Gasteiger partial charge in [-0.05, 0) is 58.7 Å². The molecule has 8 aromatic rings. The third-order valence-corrected chi connectivity index (χ3v) is 9.55. The summed E-state index contributed by atoms with van der Waals surface area (Å²) in [5.41, 5.74) is 10.2. The fourth-order valence-corrected chi connectivity index (χ4v) is 7.90. The van der Waals surface area contributed by atoms with Gasteiger partial charge in [0.15, 0.2) is 0 Å². The summed E-state index contributed by atoms with van der Waals surface area (Å²) in [4.78, 5) is 5.04. The van der Waals surface area contributed by atoms with E-state index in [1.54, 1.807) is 0 Å². The van der Waals surface area contributed by atoms with Crippen molar-refractivity contribution in [3.05, 3.63) is 144 Å². The molecule has 3 heterocycles. The van der Waals surface area contributed by atoms with E-state index in [0.717, 1.165) is 5.69 Å². The van der Waals surface area contributed by atoms with E-state index < -0.39 is 0 Å². The molecule has 0 bridgehead atoms. The predicted octanol–water partition coefficient (Wildman–Crippen LogP) is 9.71. The number of benzene rings is 5. The molecule has 0 aliphatic heterocycles. The summed E-state index contributed by atoms with van der Waals surface area (Å²) >= 11 is 1.87. The summed E-state index contributed by atoms with van der Waals surface area (Å²) in [6.07, 6.45) is 2.00. The average Bonchev–Trinajstić information content (AvgIpc) is 3.65. The molecule has 3 aromatic heterocycles. The third kappa shape index (κ3) is 2.88. The highest BCUT2D eigenvalue weighted by atomic mass is 32.1. The molecule has 2 nitrogen and oxygen atoms in total. The number of hydrogen-bond donors (Lipinski definition) is 0. The normalized spacial score (nSPS) is 13.0. The first-order chi connectivity index (χ1) is 19.4. The second kappa shape index (κ2) is 7.89. The molecule has 9 rings (SSSR count). The smallest absolute Gasteiger partial charge is 0.0701 e. The largest absolute Gasteiger partial charge is 0.309 e. The molecule has 1 aliphatic rings. The maximum atomic E-state index is 5.04. The molecule has 0 atom stereocenters. The van der Waals surface area contributed by atoms with Gasteiger partial charge in [-0.3, -0.25) is 4.98 Å². The van der Waals surface area contributed by atoms with Crippen LogP contribution in [0.1, 0.15) is 22.7 Å². The minimum Gasteiger partial charge on any atom is -0.309 e. The van der Waals surface area contributed by atoms with Gasteiger partial charge in [0.25, 0.3) is 0 Å². The van der Waals surface area contributed by atoms with Gasteiger partial charge in [-0.1, -0.05) is 84.9 Å². The van der Waals surface area contributed by atoms with E-state index in [0.29, 0.717) is 0 Å². The van der Waals surface area contributed by atoms with Crippen molar-refractivity contribution in [2.24, 2.45) is 0 Å². The number of rotatable bonds is 2. The van der Waals surface area contributed by atoms with E-state index in [1.807, 2.05) is 17.5 Å². The molecule has 5 aromatic carbocycles. The molecule has 0 saturated heterocycles. The number of fused-ring (bicyclic) bond motifs is 9. The van der Waals surface area contributed by atoms with Gasteiger partial charge in [-0.15, -0.1) is 11.3 Å². The Morgan fingerprint density at radius 3 is 1.87 bits per heavy atom. The van der Waals surface area contributed by atoms with Crippen LogP contribution in [0.15, 0.2) is 128 Å². The van der Waals surface area contributed by atoms with E-state index in [9.17, 15) is 0 Å². The van der Waals surface area contributed by atoms with Crippen LogP contribution >= 0.6 is 11.3 Å². The Hall–Kier alpha value is -4.73. The molecule has 0 N–H and O–H groups in total. The van der Waals surface area contributed by atoms with Gasteiger partial charge >= 0.3 is 0 Å². The van der Waals surface area contributed by atoms with Crippen molar-refractivity contribution < 1.29 is 0 Å². The van der Waals surface area contributed by atoms with Gasteiger partial charge in [0.1, 0.15) is 0 Å². The Labute approximate surface area is 229 Å². The topological polar surface area (TPSA) is 17.8 Å². The lowest BCUT2D eigenvalue weighted by Gasteiger charge is -2.14. The summed E-state index contributed by atoms with van der Waals surface area (Å²) in [5.74, 6) is 0.144. The van der Waals surface area contributed by atoms with Gasteiger partial charge in [0, 0.05) is 38.1 Å². The summed E-state index contributed by atoms with van der Waals surface area (Å²) in [7, 11) is 0. The van der Waals surface area contributed by atoms with Gasteiger partial charge in [-0.2, -0.15) is 0 Å². The van der Waals surface area contributed by atoms with Gasteiger partial charge < -0.3 is 4.57 Å². The first-order valence-electron chi connectivity index (χ1n) is 13.3. The molecular weight excluding hydrogens is 492 g/mol. The monoisotopic (exact) mass is 514 g/mol. The van der Waals surface area contributed by atoms with Crippen molar-refractivity contribution in [3.63, 3.8) is 0 Å². The van der Waals surface area contributed by atoms with Crippen molar-refractivity contribution in [3.8, 4) is 16.8 Å². The fraction of sp³-hybridized carbons (Fsp3) is 0.0278. The van der Waals surface area contributed by atoms with Crippen LogP contribution in [0, 0.1) is 0 Å². The molecule has 1 aliphatic carbocycles. The summed E-state index contributed by atoms with van der Waals surface area (Å²) in [6, 6.07) is 44.2. The second-order valence-corrected chi connectivity index (χ2v) is 11.4. The Kier molecular flexibility index (Phi) is 4.29. The lowest BCUT2D eigenvalue weighted by molar-refractivity contribution is 0.966. The van der Waals surface area contributed by atoms with Crippen molar-refractivity contribution in [2.75, 3.05) is 0 Å². The van der Waals surface area contributed by atoms with Crippen LogP contribution in [0.5, 0.6) is 0 Å². The third-order valence-electron chi connectivity index (χ3n) is 8.34. The van der Waals surface area contributed by atoms with Crippen molar-refractivity contribution >= 4 is 53.3 Å². The summed E-state index contributed by atoms with van der Waals surface area (Å²) in [5, 5.41) is 5.14. The first kappa shape index (κ1) is 21.2. The zero-order chi connectivity index (χ0) is 25.5. The summed E-state index contributed by atoms with van der Waals surface area (Å²) < 4.78 is 4.98. The molecular formula is C36H22N2S. The predicted molar refractivity (Wildman–Crippen MR) is 164 cm³/mol. The SMILES string of the molecule is c1ccc2c(c1)-c1ccccc1C2c1nccc2c1sc1ccc(-n3c4ccccc4c4ccccc43)cc12. The van der Waals surface area contributed by atoms with E-state index in [4.69, 9.17) is 4.98 Å². The van der Waals surface area contributed by atoms with Crippen molar-refractivity contribution in [1.82, 2.24) is 9.55 Å². The highest BCUT2D eigenvalue weighted by Crippen LogP contribution is 2.50. The zero-order valence-corrected chi connectivity index (χ0v) is 21.8. The van der Waals surface area contributed by atoms with Crippen LogP contribution in [0.2, 0.25) is 0 Å². The lowest BCUT2D eigenvalue weighted by atomic mass is 9.92. The maximum absolute atomic E-state index is 5.04. The molecule has 0 spiro atoms. The number of hydrogen-bond acceptors (Lipinski definition) is 2. The average molecular weight is 515 g/mol. The van der Waals surface area contributed by atoms with Crippen LogP contribution < -0.4 is 0 Å². The highest BCUT2D eigenvalue weighted by molar-refractivity contribution is 7.26. The zero-order valence-electron chi connectivity index (χ0n) is 21.0. The Bertz CT molecular complexity index is 2150. The molecule has 0 amide bonds. The van der Waals surface area contributed by atoms with E-state index in [-0.39, 0.29) is 5.92 Å². The molecule has 0 unspecified atom stereocenters. The molecule has 182 valence electrons. The number of para-hydroxylation sites is 2. The first-order valence-corrected chi connectivity index (χ1v) is 14.2. The van der Waals surface area contributed by atoms with Crippen LogP contribution in [0.3, 0.4) is 0 Å². The lowest BCUT2D eigenvalue weighted by Crippen LogP contribution is -2.01.